The summed E-state index contributed by atoms with van der Waals surface area (Å²) in [5.41, 5.74) is 1.29. The summed E-state index contributed by atoms with van der Waals surface area (Å²) in [6.07, 6.45) is 0.543. The second-order valence-electron chi connectivity index (χ2n) is 6.05. The van der Waals surface area contributed by atoms with Gasteiger partial charge in [-0.05, 0) is 42.5 Å². The number of H-pyrrole nitrogens is 1. The molecule has 0 unspecified atom stereocenters. The molecule has 0 fully saturated rings. The molecule has 0 saturated carbocycles. The van der Waals surface area contributed by atoms with Gasteiger partial charge in [0.2, 0.25) is 5.88 Å². The van der Waals surface area contributed by atoms with E-state index in [1.807, 2.05) is 6.07 Å². The molecule has 0 aliphatic rings. The highest BCUT2D eigenvalue weighted by Gasteiger charge is 2.10. The van der Waals surface area contributed by atoms with Gasteiger partial charge >= 0.3 is 6.03 Å². The number of amides is 2. The fourth-order valence-electron chi connectivity index (χ4n) is 2.69. The summed E-state index contributed by atoms with van der Waals surface area (Å²) in [4.78, 5) is 23.3. The number of rotatable bonds is 5. The molecule has 0 bridgehead atoms. The van der Waals surface area contributed by atoms with Gasteiger partial charge < -0.3 is 20.4 Å². The Labute approximate surface area is 163 Å². The van der Waals surface area contributed by atoms with Crippen molar-refractivity contribution in [3.8, 4) is 11.6 Å². The van der Waals surface area contributed by atoms with Crippen LogP contribution in [0.4, 0.5) is 25.0 Å². The number of carbonyl (C=O) groups is 1. The zero-order chi connectivity index (χ0) is 20.2. The number of aromatic amines is 1. The Morgan fingerprint density at radius 2 is 1.79 bits per heavy atom. The molecule has 29 heavy (non-hydrogen) atoms. The molecule has 7 nitrogen and oxygen atoms in total. The second-order valence-corrected chi connectivity index (χ2v) is 6.05. The van der Waals surface area contributed by atoms with E-state index in [1.165, 1.54) is 30.6 Å². The number of hydrogen-bond acceptors (Lipinski definition) is 4. The Morgan fingerprint density at radius 1 is 1.00 bits per heavy atom. The molecule has 2 amide bonds. The van der Waals surface area contributed by atoms with Gasteiger partial charge in [0.15, 0.2) is 0 Å². The largest absolute Gasteiger partial charge is 0.438 e. The standard InChI is InChI=1S/C20H15F2N5O2/c21-17(22)12-2-1-3-14(10-12)27-20(28)26-13-4-6-15(7-5-13)29-19-16-8-9-23-18(16)24-11-25-19/h1-11,17H,(H,23,24,25)(H2,26,27,28). The predicted molar refractivity (Wildman–Crippen MR) is 104 cm³/mol. The van der Waals surface area contributed by atoms with Crippen molar-refractivity contribution in [3.63, 3.8) is 0 Å². The Morgan fingerprint density at radius 3 is 2.59 bits per heavy atom. The maximum absolute atomic E-state index is 12.7. The van der Waals surface area contributed by atoms with Crippen molar-refractivity contribution in [1.82, 2.24) is 15.0 Å². The van der Waals surface area contributed by atoms with Crippen LogP contribution in [-0.2, 0) is 0 Å². The summed E-state index contributed by atoms with van der Waals surface area (Å²) in [5, 5.41) is 5.90. The third kappa shape index (κ3) is 4.29. The van der Waals surface area contributed by atoms with E-state index in [0.29, 0.717) is 23.0 Å². The van der Waals surface area contributed by atoms with Gasteiger partial charge in [-0.3, -0.25) is 0 Å². The van der Waals surface area contributed by atoms with E-state index in [9.17, 15) is 13.6 Å². The van der Waals surface area contributed by atoms with Crippen molar-refractivity contribution < 1.29 is 18.3 Å². The summed E-state index contributed by atoms with van der Waals surface area (Å²) >= 11 is 0. The molecule has 0 atom stereocenters. The molecule has 0 saturated heterocycles. The van der Waals surface area contributed by atoms with Gasteiger partial charge in [-0.15, -0.1) is 0 Å². The molecule has 3 N–H and O–H groups in total. The van der Waals surface area contributed by atoms with Gasteiger partial charge in [0.25, 0.3) is 6.43 Å². The minimum Gasteiger partial charge on any atom is -0.438 e. The monoisotopic (exact) mass is 395 g/mol. The number of urea groups is 1. The normalized spacial score (nSPS) is 10.9. The van der Waals surface area contributed by atoms with E-state index in [2.05, 4.69) is 25.6 Å². The average Bonchev–Trinajstić information content (AvgIpc) is 3.19. The van der Waals surface area contributed by atoms with E-state index in [-0.39, 0.29) is 11.3 Å². The number of anilines is 2. The molecule has 4 rings (SSSR count). The van der Waals surface area contributed by atoms with Gasteiger partial charge in [-0.2, -0.15) is 0 Å². The summed E-state index contributed by atoms with van der Waals surface area (Å²) in [6, 6.07) is 13.4. The number of aromatic nitrogens is 3. The first-order valence-corrected chi connectivity index (χ1v) is 8.60. The van der Waals surface area contributed by atoms with Crippen molar-refractivity contribution in [2.24, 2.45) is 0 Å². The van der Waals surface area contributed by atoms with Crippen molar-refractivity contribution in [3.05, 3.63) is 72.7 Å². The zero-order valence-corrected chi connectivity index (χ0v) is 14.9. The summed E-state index contributed by atoms with van der Waals surface area (Å²) < 4.78 is 31.3. The minimum atomic E-state index is -2.60. The van der Waals surface area contributed by atoms with Crippen molar-refractivity contribution in [1.29, 1.82) is 0 Å². The van der Waals surface area contributed by atoms with E-state index < -0.39 is 12.5 Å². The first kappa shape index (κ1) is 18.4. The predicted octanol–water partition coefficient (Wildman–Crippen LogP) is 5.33. The quantitative estimate of drug-likeness (QED) is 0.426. The number of carbonyl (C=O) groups excluding carboxylic acids is 1. The van der Waals surface area contributed by atoms with Crippen LogP contribution >= 0.6 is 0 Å². The SMILES string of the molecule is O=C(Nc1ccc(Oc2ncnc3[nH]ccc23)cc1)Nc1cccc(C(F)F)c1. The number of halogens is 2. The van der Waals surface area contributed by atoms with E-state index >= 15 is 0 Å². The summed E-state index contributed by atoms with van der Waals surface area (Å²) in [7, 11) is 0. The van der Waals surface area contributed by atoms with Gasteiger partial charge in [-0.25, -0.2) is 23.5 Å². The van der Waals surface area contributed by atoms with Gasteiger partial charge in [0, 0.05) is 23.1 Å². The molecule has 146 valence electrons. The molecule has 2 aromatic heterocycles. The molecule has 0 radical (unpaired) electrons. The van der Waals surface area contributed by atoms with Crippen molar-refractivity contribution in [2.75, 3.05) is 10.6 Å². The highest BCUT2D eigenvalue weighted by molar-refractivity contribution is 5.99. The topological polar surface area (TPSA) is 91.9 Å². The molecular weight excluding hydrogens is 380 g/mol. The number of nitrogens with one attached hydrogen (secondary N) is 3. The maximum Gasteiger partial charge on any atom is 0.323 e. The number of ether oxygens (including phenoxy) is 1. The lowest BCUT2D eigenvalue weighted by molar-refractivity contribution is 0.151. The molecule has 0 spiro atoms. The Bertz CT molecular complexity index is 1150. The fourth-order valence-corrected chi connectivity index (χ4v) is 2.69. The molecule has 9 heteroatoms. The van der Waals surface area contributed by atoms with Gasteiger partial charge in [0.05, 0.1) is 5.39 Å². The highest BCUT2D eigenvalue weighted by atomic mass is 19.3. The number of fused-ring (bicyclic) bond motifs is 1. The Kier molecular flexibility index (Phi) is 5.02. The van der Waals surface area contributed by atoms with Crippen LogP contribution in [0, 0.1) is 0 Å². The fraction of sp³-hybridized carbons (Fsp3) is 0.0500. The molecule has 4 aromatic rings. The zero-order valence-electron chi connectivity index (χ0n) is 14.9. The lowest BCUT2D eigenvalue weighted by Crippen LogP contribution is -2.19. The second kappa shape index (κ2) is 7.93. The average molecular weight is 395 g/mol. The summed E-state index contributed by atoms with van der Waals surface area (Å²) in [6.45, 7) is 0. The minimum absolute atomic E-state index is 0.162. The van der Waals surface area contributed by atoms with E-state index in [0.717, 1.165) is 5.39 Å². The van der Waals surface area contributed by atoms with Gasteiger partial charge in [-0.1, -0.05) is 12.1 Å². The number of hydrogen-bond donors (Lipinski definition) is 3. The van der Waals surface area contributed by atoms with Gasteiger partial charge in [0.1, 0.15) is 17.7 Å². The maximum atomic E-state index is 12.7. The van der Waals surface area contributed by atoms with Crippen molar-refractivity contribution >= 4 is 28.4 Å². The van der Waals surface area contributed by atoms with Crippen molar-refractivity contribution in [2.45, 2.75) is 6.43 Å². The first-order chi connectivity index (χ1) is 14.1. The number of nitrogens with zero attached hydrogens (tertiary/aromatic N) is 2. The Balaban J connectivity index is 1.40. The van der Waals surface area contributed by atoms with Crippen LogP contribution in [0.15, 0.2) is 67.1 Å². The highest BCUT2D eigenvalue weighted by Crippen LogP contribution is 2.27. The summed E-state index contributed by atoms with van der Waals surface area (Å²) in [5.74, 6) is 0.940. The lowest BCUT2D eigenvalue weighted by Gasteiger charge is -2.10. The molecule has 2 heterocycles. The first-order valence-electron chi connectivity index (χ1n) is 8.60. The van der Waals surface area contributed by atoms with Crippen LogP contribution in [0.3, 0.4) is 0 Å². The van der Waals surface area contributed by atoms with E-state index in [4.69, 9.17) is 4.74 Å². The lowest BCUT2D eigenvalue weighted by atomic mass is 10.2. The smallest absolute Gasteiger partial charge is 0.323 e. The van der Waals surface area contributed by atoms with Crippen LogP contribution in [0.1, 0.15) is 12.0 Å². The molecule has 0 aliphatic carbocycles. The molecule has 0 aliphatic heterocycles. The van der Waals surface area contributed by atoms with E-state index in [1.54, 1.807) is 30.5 Å². The third-order valence-corrected chi connectivity index (χ3v) is 4.04. The van der Waals surface area contributed by atoms with Crippen LogP contribution in [0.2, 0.25) is 0 Å². The molecular formula is C20H15F2N5O2. The Hall–Kier alpha value is -4.01. The van der Waals surface area contributed by atoms with Crippen LogP contribution < -0.4 is 15.4 Å². The number of alkyl halides is 2. The molecule has 2 aromatic carbocycles. The van der Waals surface area contributed by atoms with Crippen LogP contribution in [0.25, 0.3) is 11.0 Å². The van der Waals surface area contributed by atoms with Crippen LogP contribution in [-0.4, -0.2) is 21.0 Å². The third-order valence-electron chi connectivity index (χ3n) is 4.04. The number of benzene rings is 2. The van der Waals surface area contributed by atoms with Crippen LogP contribution in [0.5, 0.6) is 11.6 Å².